The largest absolute Gasteiger partial charge is 0.497 e. The average molecular weight is 330 g/mol. The van der Waals surface area contributed by atoms with Gasteiger partial charge in [-0.3, -0.25) is 0 Å². The van der Waals surface area contributed by atoms with Crippen molar-refractivity contribution in [2.24, 2.45) is 0 Å². The van der Waals surface area contributed by atoms with Crippen molar-refractivity contribution in [3.05, 3.63) is 54.1 Å². The lowest BCUT2D eigenvalue weighted by Crippen LogP contribution is -2.36. The molecule has 0 saturated heterocycles. The van der Waals surface area contributed by atoms with Gasteiger partial charge in [0.15, 0.2) is 0 Å². The summed E-state index contributed by atoms with van der Waals surface area (Å²) in [4.78, 5) is 12.0. The molecule has 2 rings (SSSR count). The number of aliphatic hydroxyl groups excluding tert-OH is 1. The summed E-state index contributed by atoms with van der Waals surface area (Å²) >= 11 is 0. The third-order valence-electron chi connectivity index (χ3n) is 3.42. The number of ether oxygens (including phenoxy) is 2. The Morgan fingerprint density at radius 3 is 2.29 bits per heavy atom. The van der Waals surface area contributed by atoms with Gasteiger partial charge in [-0.2, -0.15) is 0 Å². The van der Waals surface area contributed by atoms with E-state index in [1.54, 1.807) is 32.4 Å². The zero-order valence-electron chi connectivity index (χ0n) is 13.8. The summed E-state index contributed by atoms with van der Waals surface area (Å²) in [5.41, 5.74) is 1.56. The molecule has 0 fully saturated rings. The van der Waals surface area contributed by atoms with E-state index in [1.165, 1.54) is 0 Å². The number of hydrogen-bond acceptors (Lipinski definition) is 4. The molecule has 6 nitrogen and oxygen atoms in total. The van der Waals surface area contributed by atoms with Gasteiger partial charge in [-0.1, -0.05) is 30.3 Å². The van der Waals surface area contributed by atoms with Crippen molar-refractivity contribution in [3.8, 4) is 11.5 Å². The van der Waals surface area contributed by atoms with Crippen LogP contribution in [0, 0.1) is 0 Å². The van der Waals surface area contributed by atoms with Gasteiger partial charge in [0.25, 0.3) is 0 Å². The third kappa shape index (κ3) is 5.48. The Kier molecular flexibility index (Phi) is 6.45. The SMILES string of the molecule is COc1cc(NC(=O)NCC(O)Cc2ccccc2)cc(OC)c1. The summed E-state index contributed by atoms with van der Waals surface area (Å²) in [5.74, 6) is 1.16. The lowest BCUT2D eigenvalue weighted by molar-refractivity contribution is 0.172. The van der Waals surface area contributed by atoms with Crippen molar-refractivity contribution in [2.75, 3.05) is 26.1 Å². The number of rotatable bonds is 7. The zero-order valence-corrected chi connectivity index (χ0v) is 13.8. The maximum Gasteiger partial charge on any atom is 0.319 e. The second-order valence-electron chi connectivity index (χ2n) is 5.28. The first-order valence-corrected chi connectivity index (χ1v) is 7.60. The second-order valence-corrected chi connectivity index (χ2v) is 5.28. The fraction of sp³-hybridized carbons (Fsp3) is 0.278. The molecular weight excluding hydrogens is 308 g/mol. The van der Waals surface area contributed by atoms with Crippen LogP contribution < -0.4 is 20.1 Å². The number of aliphatic hydroxyl groups is 1. The Labute approximate surface area is 141 Å². The molecule has 2 aromatic carbocycles. The molecule has 128 valence electrons. The minimum Gasteiger partial charge on any atom is -0.497 e. The first-order chi connectivity index (χ1) is 11.6. The van der Waals surface area contributed by atoms with E-state index in [0.717, 1.165) is 5.56 Å². The van der Waals surface area contributed by atoms with E-state index in [2.05, 4.69) is 10.6 Å². The number of carbonyl (C=O) groups is 1. The molecule has 0 aliphatic rings. The van der Waals surface area contributed by atoms with Crippen molar-refractivity contribution >= 4 is 11.7 Å². The van der Waals surface area contributed by atoms with Crippen LogP contribution in [-0.4, -0.2) is 38.0 Å². The smallest absolute Gasteiger partial charge is 0.319 e. The molecule has 0 aromatic heterocycles. The van der Waals surface area contributed by atoms with Gasteiger partial charge < -0.3 is 25.2 Å². The Morgan fingerprint density at radius 1 is 1.08 bits per heavy atom. The van der Waals surface area contributed by atoms with Crippen molar-refractivity contribution in [2.45, 2.75) is 12.5 Å². The van der Waals surface area contributed by atoms with Crippen LogP contribution in [0.1, 0.15) is 5.56 Å². The Hall–Kier alpha value is -2.73. The highest BCUT2D eigenvalue weighted by atomic mass is 16.5. The maximum absolute atomic E-state index is 12.0. The Morgan fingerprint density at radius 2 is 1.71 bits per heavy atom. The quantitative estimate of drug-likeness (QED) is 0.728. The third-order valence-corrected chi connectivity index (χ3v) is 3.42. The summed E-state index contributed by atoms with van der Waals surface area (Å²) in [5, 5.41) is 15.3. The topological polar surface area (TPSA) is 79.8 Å². The van der Waals surface area contributed by atoms with Gasteiger partial charge in [0.05, 0.1) is 20.3 Å². The van der Waals surface area contributed by atoms with Crippen LogP contribution >= 0.6 is 0 Å². The Bertz CT molecular complexity index is 639. The van der Waals surface area contributed by atoms with E-state index in [0.29, 0.717) is 23.6 Å². The standard InChI is InChI=1S/C18H22N2O4/c1-23-16-9-14(10-17(11-16)24-2)20-18(22)19-12-15(21)8-13-6-4-3-5-7-13/h3-7,9-11,15,21H,8,12H2,1-2H3,(H2,19,20,22). The van der Waals surface area contributed by atoms with Gasteiger partial charge >= 0.3 is 6.03 Å². The van der Waals surface area contributed by atoms with E-state index >= 15 is 0 Å². The van der Waals surface area contributed by atoms with Gasteiger partial charge in [0, 0.05) is 36.9 Å². The molecule has 0 heterocycles. The first-order valence-electron chi connectivity index (χ1n) is 7.60. The summed E-state index contributed by atoms with van der Waals surface area (Å²) < 4.78 is 10.3. The molecule has 0 aliphatic carbocycles. The normalized spacial score (nSPS) is 11.5. The molecule has 0 saturated carbocycles. The molecule has 0 bridgehead atoms. The number of urea groups is 1. The average Bonchev–Trinajstić information content (AvgIpc) is 2.60. The van der Waals surface area contributed by atoms with Crippen LogP contribution in [0.2, 0.25) is 0 Å². The van der Waals surface area contributed by atoms with Crippen molar-refractivity contribution in [1.82, 2.24) is 5.32 Å². The number of amides is 2. The van der Waals surface area contributed by atoms with Crippen LogP contribution in [0.5, 0.6) is 11.5 Å². The van der Waals surface area contributed by atoms with Crippen molar-refractivity contribution < 1.29 is 19.4 Å². The Balaban J connectivity index is 1.84. The van der Waals surface area contributed by atoms with E-state index in [-0.39, 0.29) is 6.54 Å². The van der Waals surface area contributed by atoms with Crippen LogP contribution in [0.4, 0.5) is 10.5 Å². The number of nitrogens with one attached hydrogen (secondary N) is 2. The molecule has 2 amide bonds. The van der Waals surface area contributed by atoms with Gasteiger partial charge in [-0.05, 0) is 5.56 Å². The van der Waals surface area contributed by atoms with Gasteiger partial charge in [-0.15, -0.1) is 0 Å². The zero-order chi connectivity index (χ0) is 17.4. The first kappa shape index (κ1) is 17.6. The summed E-state index contributed by atoms with van der Waals surface area (Å²) in [6, 6.07) is 14.3. The van der Waals surface area contributed by atoms with Gasteiger partial charge in [0.1, 0.15) is 11.5 Å². The number of anilines is 1. The van der Waals surface area contributed by atoms with Crippen LogP contribution in [0.3, 0.4) is 0 Å². The predicted octanol–water partition coefficient (Wildman–Crippen LogP) is 2.43. The summed E-state index contributed by atoms with van der Waals surface area (Å²) in [7, 11) is 3.08. The van der Waals surface area contributed by atoms with Crippen LogP contribution in [-0.2, 0) is 6.42 Å². The monoisotopic (exact) mass is 330 g/mol. The van der Waals surface area contributed by atoms with Crippen LogP contribution in [0.25, 0.3) is 0 Å². The maximum atomic E-state index is 12.0. The molecule has 0 aliphatic heterocycles. The highest BCUT2D eigenvalue weighted by Crippen LogP contribution is 2.25. The van der Waals surface area contributed by atoms with Crippen LogP contribution in [0.15, 0.2) is 48.5 Å². The van der Waals surface area contributed by atoms with E-state index < -0.39 is 12.1 Å². The van der Waals surface area contributed by atoms with Crippen molar-refractivity contribution in [3.63, 3.8) is 0 Å². The minimum atomic E-state index is -0.655. The molecular formula is C18H22N2O4. The molecule has 1 unspecified atom stereocenters. The fourth-order valence-corrected chi connectivity index (χ4v) is 2.22. The second kappa shape index (κ2) is 8.79. The number of carbonyl (C=O) groups excluding carboxylic acids is 1. The highest BCUT2D eigenvalue weighted by molar-refractivity contribution is 5.89. The molecule has 0 radical (unpaired) electrons. The molecule has 1 atom stereocenters. The van der Waals surface area contributed by atoms with E-state index in [9.17, 15) is 9.90 Å². The molecule has 3 N–H and O–H groups in total. The van der Waals surface area contributed by atoms with E-state index in [1.807, 2.05) is 30.3 Å². The predicted molar refractivity (Wildman–Crippen MR) is 92.7 cm³/mol. The summed E-state index contributed by atoms with van der Waals surface area (Å²) in [6.07, 6.45) is -0.174. The molecule has 2 aromatic rings. The van der Waals surface area contributed by atoms with Gasteiger partial charge in [-0.25, -0.2) is 4.79 Å². The number of methoxy groups -OCH3 is 2. The molecule has 0 spiro atoms. The number of benzene rings is 2. The lowest BCUT2D eigenvalue weighted by atomic mass is 10.1. The molecule has 24 heavy (non-hydrogen) atoms. The van der Waals surface area contributed by atoms with Gasteiger partial charge in [0.2, 0.25) is 0 Å². The molecule has 6 heteroatoms. The fourth-order valence-electron chi connectivity index (χ4n) is 2.22. The lowest BCUT2D eigenvalue weighted by Gasteiger charge is -2.14. The highest BCUT2D eigenvalue weighted by Gasteiger charge is 2.09. The van der Waals surface area contributed by atoms with Crippen molar-refractivity contribution in [1.29, 1.82) is 0 Å². The summed E-state index contributed by atoms with van der Waals surface area (Å²) in [6.45, 7) is 0.155. The number of hydrogen-bond donors (Lipinski definition) is 3. The minimum absolute atomic E-state index is 0.155. The van der Waals surface area contributed by atoms with E-state index in [4.69, 9.17) is 9.47 Å².